The Morgan fingerprint density at radius 2 is 1.75 bits per heavy atom. The third kappa shape index (κ3) is 4.67. The number of carbonyl (C=O) groups is 1. The van der Waals surface area contributed by atoms with Crippen LogP contribution in [0.3, 0.4) is 0 Å². The van der Waals surface area contributed by atoms with E-state index in [1.807, 2.05) is 61.7 Å². The van der Waals surface area contributed by atoms with E-state index in [0.717, 1.165) is 53.8 Å². The Balaban J connectivity index is 1.32. The number of nitrogens with one attached hydrogen (secondary N) is 1. The van der Waals surface area contributed by atoms with Crippen LogP contribution < -0.4 is 11.0 Å². The van der Waals surface area contributed by atoms with Crippen molar-refractivity contribution in [1.29, 1.82) is 0 Å². The quantitative estimate of drug-likeness (QED) is 0.408. The van der Waals surface area contributed by atoms with Crippen LogP contribution in [-0.2, 0) is 6.54 Å². The van der Waals surface area contributed by atoms with Crippen LogP contribution in [-0.4, -0.2) is 31.1 Å². The molecule has 0 unspecified atom stereocenters. The summed E-state index contributed by atoms with van der Waals surface area (Å²) in [4.78, 5) is 35.2. The zero-order chi connectivity index (χ0) is 25.4. The minimum absolute atomic E-state index is 0.0377. The summed E-state index contributed by atoms with van der Waals surface area (Å²) in [6.45, 7) is 6.36. The topological polar surface area (TPSA) is 81.8 Å². The van der Waals surface area contributed by atoms with Crippen molar-refractivity contribution in [3.8, 4) is 5.69 Å². The second-order valence-corrected chi connectivity index (χ2v) is 10.2. The molecule has 0 aliphatic heterocycles. The van der Waals surface area contributed by atoms with Gasteiger partial charge in [0.15, 0.2) is 0 Å². The number of hydrogen-bond donors (Lipinski definition) is 1. The Labute approximate surface area is 215 Å². The average Bonchev–Trinajstić information content (AvgIpc) is 3.13. The first-order valence-electron chi connectivity index (χ1n) is 12.4. The summed E-state index contributed by atoms with van der Waals surface area (Å²) in [5, 5.41) is 3.60. The number of hydrogen-bond acceptors (Lipinski definition) is 4. The zero-order valence-corrected chi connectivity index (χ0v) is 21.5. The Hall–Kier alpha value is -3.45. The summed E-state index contributed by atoms with van der Waals surface area (Å²) >= 11 is 6.03. The maximum atomic E-state index is 13.7. The standard InChI is InChI=1S/C28H30ClN5O2/c1-17-8-13-24(19(3)31-17)34-26-7-5-4-6-25(26)33(28(34)36)16-20-9-11-22(12-10-20)32-27(35)23-14-21(29)15-30-18(23)2/h4-8,13-15,20,22H,9-12,16H2,1-3H3,(H,32,35). The maximum Gasteiger partial charge on any atom is 0.333 e. The average molecular weight is 504 g/mol. The SMILES string of the molecule is Cc1ccc(-n2c(=O)n(CC3CCC(NC(=O)c4cc(Cl)cnc4C)CC3)c3ccccc32)c(C)n1. The fourth-order valence-electron chi connectivity index (χ4n) is 5.28. The van der Waals surface area contributed by atoms with Crippen molar-refractivity contribution >= 4 is 28.5 Å². The lowest BCUT2D eigenvalue weighted by atomic mass is 9.85. The van der Waals surface area contributed by atoms with Crippen LogP contribution in [0.25, 0.3) is 16.7 Å². The molecule has 5 rings (SSSR count). The molecular formula is C28H30ClN5O2. The number of amides is 1. The molecule has 8 heteroatoms. The number of rotatable bonds is 5. The van der Waals surface area contributed by atoms with E-state index in [-0.39, 0.29) is 17.6 Å². The molecule has 1 N–H and O–H groups in total. The molecule has 1 aliphatic rings. The summed E-state index contributed by atoms with van der Waals surface area (Å²) in [5.74, 6) is 0.231. The molecule has 1 aromatic carbocycles. The highest BCUT2D eigenvalue weighted by Crippen LogP contribution is 2.28. The Morgan fingerprint density at radius 3 is 2.47 bits per heavy atom. The molecule has 4 aromatic rings. The maximum absolute atomic E-state index is 13.7. The highest BCUT2D eigenvalue weighted by Gasteiger charge is 2.26. The molecule has 0 radical (unpaired) electrons. The number of aryl methyl sites for hydroxylation is 3. The molecule has 1 aliphatic carbocycles. The van der Waals surface area contributed by atoms with Gasteiger partial charge < -0.3 is 5.32 Å². The summed E-state index contributed by atoms with van der Waals surface area (Å²) in [5.41, 5.74) is 5.55. The van der Waals surface area contributed by atoms with Crippen LogP contribution in [0.2, 0.25) is 5.02 Å². The molecule has 0 spiro atoms. The Kier molecular flexibility index (Phi) is 6.67. The van der Waals surface area contributed by atoms with Crippen molar-refractivity contribution in [3.05, 3.63) is 86.8 Å². The van der Waals surface area contributed by atoms with Crippen LogP contribution in [0.1, 0.15) is 53.1 Å². The first-order chi connectivity index (χ1) is 17.3. The lowest BCUT2D eigenvalue weighted by molar-refractivity contribution is 0.0919. The first-order valence-corrected chi connectivity index (χ1v) is 12.8. The number of halogens is 1. The van der Waals surface area contributed by atoms with Gasteiger partial charge in [-0.1, -0.05) is 23.7 Å². The molecule has 36 heavy (non-hydrogen) atoms. The van der Waals surface area contributed by atoms with Crippen molar-refractivity contribution in [3.63, 3.8) is 0 Å². The van der Waals surface area contributed by atoms with Crippen LogP contribution >= 0.6 is 11.6 Å². The minimum Gasteiger partial charge on any atom is -0.349 e. The molecule has 3 aromatic heterocycles. The van der Waals surface area contributed by atoms with E-state index in [1.165, 1.54) is 0 Å². The van der Waals surface area contributed by atoms with Gasteiger partial charge in [-0.2, -0.15) is 0 Å². The molecule has 7 nitrogen and oxygen atoms in total. The second-order valence-electron chi connectivity index (χ2n) is 9.75. The predicted molar refractivity (Wildman–Crippen MR) is 142 cm³/mol. The van der Waals surface area contributed by atoms with E-state index < -0.39 is 0 Å². The van der Waals surface area contributed by atoms with Crippen molar-refractivity contribution in [2.24, 2.45) is 5.92 Å². The number of aromatic nitrogens is 4. The summed E-state index contributed by atoms with van der Waals surface area (Å²) < 4.78 is 3.68. The van der Waals surface area contributed by atoms with Gasteiger partial charge >= 0.3 is 5.69 Å². The van der Waals surface area contributed by atoms with Gasteiger partial charge in [-0.15, -0.1) is 0 Å². The van der Waals surface area contributed by atoms with E-state index in [4.69, 9.17) is 11.6 Å². The van der Waals surface area contributed by atoms with Gasteiger partial charge in [0.1, 0.15) is 0 Å². The molecule has 1 saturated carbocycles. The molecule has 3 heterocycles. The Bertz CT molecular complexity index is 1500. The van der Waals surface area contributed by atoms with Gasteiger partial charge in [0.25, 0.3) is 5.91 Å². The molecule has 0 bridgehead atoms. The van der Waals surface area contributed by atoms with Gasteiger partial charge in [-0.05, 0) is 82.7 Å². The monoisotopic (exact) mass is 503 g/mol. The van der Waals surface area contributed by atoms with E-state index in [1.54, 1.807) is 16.8 Å². The van der Waals surface area contributed by atoms with Gasteiger partial charge in [0, 0.05) is 24.5 Å². The van der Waals surface area contributed by atoms with Crippen LogP contribution in [0.4, 0.5) is 0 Å². The minimum atomic E-state index is -0.132. The molecule has 1 fully saturated rings. The number of nitrogens with zero attached hydrogens (tertiary/aromatic N) is 4. The van der Waals surface area contributed by atoms with Gasteiger partial charge in [-0.25, -0.2) is 4.79 Å². The smallest absolute Gasteiger partial charge is 0.333 e. The van der Waals surface area contributed by atoms with E-state index in [9.17, 15) is 9.59 Å². The number of benzene rings is 1. The lowest BCUT2D eigenvalue weighted by Crippen LogP contribution is -2.39. The fourth-order valence-corrected chi connectivity index (χ4v) is 5.44. The van der Waals surface area contributed by atoms with Crippen molar-refractivity contribution < 1.29 is 4.79 Å². The summed E-state index contributed by atoms with van der Waals surface area (Å²) in [6.07, 6.45) is 5.17. The van der Waals surface area contributed by atoms with E-state index >= 15 is 0 Å². The highest BCUT2D eigenvalue weighted by atomic mass is 35.5. The van der Waals surface area contributed by atoms with Crippen molar-refractivity contribution in [1.82, 2.24) is 24.4 Å². The zero-order valence-electron chi connectivity index (χ0n) is 20.8. The van der Waals surface area contributed by atoms with Crippen LogP contribution in [0.5, 0.6) is 0 Å². The molecule has 0 atom stereocenters. The normalized spacial score (nSPS) is 17.9. The number of imidazole rings is 1. The third-order valence-corrected chi connectivity index (χ3v) is 7.40. The van der Waals surface area contributed by atoms with Crippen LogP contribution in [0.15, 0.2) is 53.5 Å². The van der Waals surface area contributed by atoms with Gasteiger partial charge in [0.2, 0.25) is 0 Å². The fraction of sp³-hybridized carbons (Fsp3) is 0.357. The van der Waals surface area contributed by atoms with Crippen LogP contribution in [0, 0.1) is 26.7 Å². The van der Waals surface area contributed by atoms with Crippen molar-refractivity contribution in [2.45, 2.75) is 59.0 Å². The molecule has 186 valence electrons. The Morgan fingerprint density at radius 1 is 1.03 bits per heavy atom. The van der Waals surface area contributed by atoms with Gasteiger partial charge in [0.05, 0.1) is 38.7 Å². The highest BCUT2D eigenvalue weighted by molar-refractivity contribution is 6.30. The van der Waals surface area contributed by atoms with E-state index in [2.05, 4.69) is 15.3 Å². The molecule has 0 saturated heterocycles. The summed E-state index contributed by atoms with van der Waals surface area (Å²) in [7, 11) is 0. The first kappa shape index (κ1) is 24.3. The predicted octanol–water partition coefficient (Wildman–Crippen LogP) is 5.15. The second kappa shape index (κ2) is 9.90. The number of fused-ring (bicyclic) bond motifs is 1. The number of para-hydroxylation sites is 2. The van der Waals surface area contributed by atoms with Crippen molar-refractivity contribution in [2.75, 3.05) is 0 Å². The van der Waals surface area contributed by atoms with E-state index in [0.29, 0.717) is 28.7 Å². The molecule has 1 amide bonds. The largest absolute Gasteiger partial charge is 0.349 e. The number of carbonyl (C=O) groups excluding carboxylic acids is 1. The summed E-state index contributed by atoms with van der Waals surface area (Å²) in [6, 6.07) is 13.6. The number of pyridine rings is 2. The molecular weight excluding hydrogens is 474 g/mol. The third-order valence-electron chi connectivity index (χ3n) is 7.19. The lowest BCUT2D eigenvalue weighted by Gasteiger charge is -2.29. The van der Waals surface area contributed by atoms with Gasteiger partial charge in [-0.3, -0.25) is 23.9 Å².